The summed E-state index contributed by atoms with van der Waals surface area (Å²) in [6.07, 6.45) is 0. The molecule has 0 aromatic heterocycles. The number of anilines is 2. The van der Waals surface area contributed by atoms with Crippen LogP contribution < -0.4 is 4.90 Å². The highest BCUT2D eigenvalue weighted by Crippen LogP contribution is 2.30. The smallest absolute Gasteiger partial charge is 0.0440 e. The monoisotopic (exact) mass is 301 g/mol. The number of hydrogen-bond acceptors (Lipinski definition) is 1. The molecule has 0 heterocycles. The van der Waals surface area contributed by atoms with Gasteiger partial charge in [-0.25, -0.2) is 0 Å². The number of rotatable bonds is 3. The van der Waals surface area contributed by atoms with Gasteiger partial charge in [0.2, 0.25) is 0 Å². The van der Waals surface area contributed by atoms with Gasteiger partial charge in [-0.2, -0.15) is 0 Å². The Bertz CT molecular complexity index is 801. The molecule has 23 heavy (non-hydrogen) atoms. The molecule has 3 rings (SSSR count). The average Bonchev–Trinajstić information content (AvgIpc) is 2.58. The minimum atomic E-state index is 1.20. The van der Waals surface area contributed by atoms with Crippen molar-refractivity contribution in [1.29, 1.82) is 0 Å². The third-order valence-electron chi connectivity index (χ3n) is 4.54. The largest absolute Gasteiger partial charge is 0.344 e. The van der Waals surface area contributed by atoms with Gasteiger partial charge in [0.25, 0.3) is 0 Å². The van der Waals surface area contributed by atoms with Gasteiger partial charge in [-0.15, -0.1) is 0 Å². The first kappa shape index (κ1) is 15.4. The Labute approximate surface area is 139 Å². The van der Waals surface area contributed by atoms with Crippen molar-refractivity contribution in [2.24, 2.45) is 0 Å². The number of hydrogen-bond donors (Lipinski definition) is 0. The number of nitrogens with zero attached hydrogens (tertiary/aromatic N) is 1. The maximum atomic E-state index is 2.27. The van der Waals surface area contributed by atoms with Crippen LogP contribution in [0.15, 0.2) is 66.7 Å². The van der Waals surface area contributed by atoms with Gasteiger partial charge in [-0.1, -0.05) is 48.5 Å². The molecule has 0 bridgehead atoms. The summed E-state index contributed by atoms with van der Waals surface area (Å²) in [5, 5.41) is 0. The van der Waals surface area contributed by atoms with Crippen molar-refractivity contribution in [3.05, 3.63) is 83.4 Å². The molecule has 1 heteroatoms. The highest BCUT2D eigenvalue weighted by molar-refractivity contribution is 5.71. The summed E-state index contributed by atoms with van der Waals surface area (Å²) in [5.74, 6) is 0. The standard InChI is InChI=1S/C22H23N/c1-16-14-18(3)22(15-17(16)2)23(4)21-12-10-20(11-13-21)19-8-6-5-7-9-19/h5-15H,1-4H3. The van der Waals surface area contributed by atoms with Gasteiger partial charge in [-0.3, -0.25) is 0 Å². The fourth-order valence-electron chi connectivity index (χ4n) is 2.95. The van der Waals surface area contributed by atoms with Gasteiger partial charge in [0.1, 0.15) is 0 Å². The van der Waals surface area contributed by atoms with Crippen LogP contribution in [0.5, 0.6) is 0 Å². The van der Waals surface area contributed by atoms with E-state index in [1.807, 2.05) is 6.07 Å². The molecule has 1 nitrogen and oxygen atoms in total. The lowest BCUT2D eigenvalue weighted by atomic mass is 10.0. The van der Waals surface area contributed by atoms with Crippen molar-refractivity contribution >= 4 is 11.4 Å². The molecule has 0 amide bonds. The fraction of sp³-hybridized carbons (Fsp3) is 0.182. The molecule has 0 unspecified atom stereocenters. The second-order valence-corrected chi connectivity index (χ2v) is 6.19. The summed E-state index contributed by atoms with van der Waals surface area (Å²) in [7, 11) is 2.13. The van der Waals surface area contributed by atoms with E-state index in [0.29, 0.717) is 0 Å². The molecule has 0 spiro atoms. The lowest BCUT2D eigenvalue weighted by Crippen LogP contribution is -2.11. The van der Waals surface area contributed by atoms with Crippen molar-refractivity contribution in [3.63, 3.8) is 0 Å². The molecule has 0 aliphatic rings. The van der Waals surface area contributed by atoms with Crippen molar-refractivity contribution in [3.8, 4) is 11.1 Å². The molecule has 0 saturated heterocycles. The summed E-state index contributed by atoms with van der Waals surface area (Å²) in [5.41, 5.74) is 8.96. The Morgan fingerprint density at radius 3 is 1.83 bits per heavy atom. The zero-order valence-corrected chi connectivity index (χ0v) is 14.3. The van der Waals surface area contributed by atoms with E-state index in [4.69, 9.17) is 0 Å². The SMILES string of the molecule is Cc1cc(C)c(N(C)c2ccc(-c3ccccc3)cc2)cc1C. The molecule has 0 saturated carbocycles. The molecule has 3 aromatic rings. The Morgan fingerprint density at radius 1 is 0.609 bits per heavy atom. The zero-order valence-electron chi connectivity index (χ0n) is 14.3. The third-order valence-corrected chi connectivity index (χ3v) is 4.54. The van der Waals surface area contributed by atoms with Crippen molar-refractivity contribution in [1.82, 2.24) is 0 Å². The maximum absolute atomic E-state index is 2.27. The van der Waals surface area contributed by atoms with Crippen LogP contribution in [0.25, 0.3) is 11.1 Å². The van der Waals surface area contributed by atoms with Crippen LogP contribution in [0.4, 0.5) is 11.4 Å². The second-order valence-electron chi connectivity index (χ2n) is 6.19. The summed E-state index contributed by atoms with van der Waals surface area (Å²) in [6, 6.07) is 23.8. The van der Waals surface area contributed by atoms with Crippen LogP contribution in [0.3, 0.4) is 0 Å². The van der Waals surface area contributed by atoms with Crippen LogP contribution in [0.2, 0.25) is 0 Å². The van der Waals surface area contributed by atoms with E-state index in [0.717, 1.165) is 0 Å². The Hall–Kier alpha value is -2.54. The van der Waals surface area contributed by atoms with E-state index in [-0.39, 0.29) is 0 Å². The Balaban J connectivity index is 1.92. The fourth-order valence-corrected chi connectivity index (χ4v) is 2.95. The quantitative estimate of drug-likeness (QED) is 0.569. The molecule has 0 radical (unpaired) electrons. The summed E-state index contributed by atoms with van der Waals surface area (Å²) in [6.45, 7) is 6.52. The van der Waals surface area contributed by atoms with E-state index in [1.54, 1.807) is 0 Å². The molecular formula is C22H23N. The van der Waals surface area contributed by atoms with Gasteiger partial charge < -0.3 is 4.90 Å². The molecular weight excluding hydrogens is 278 g/mol. The van der Waals surface area contributed by atoms with Gasteiger partial charge >= 0.3 is 0 Å². The van der Waals surface area contributed by atoms with Gasteiger partial charge in [-0.05, 0) is 66.8 Å². The number of benzene rings is 3. The van der Waals surface area contributed by atoms with Crippen LogP contribution in [-0.4, -0.2) is 7.05 Å². The summed E-state index contributed by atoms with van der Waals surface area (Å²) in [4.78, 5) is 2.26. The summed E-state index contributed by atoms with van der Waals surface area (Å²) >= 11 is 0. The molecule has 0 aliphatic carbocycles. The minimum Gasteiger partial charge on any atom is -0.344 e. The molecule has 3 aromatic carbocycles. The lowest BCUT2D eigenvalue weighted by molar-refractivity contribution is 1.16. The maximum Gasteiger partial charge on any atom is 0.0440 e. The van der Waals surface area contributed by atoms with Gasteiger partial charge in [0.15, 0.2) is 0 Å². The van der Waals surface area contributed by atoms with E-state index in [1.165, 1.54) is 39.2 Å². The van der Waals surface area contributed by atoms with E-state index < -0.39 is 0 Å². The van der Waals surface area contributed by atoms with Crippen LogP contribution >= 0.6 is 0 Å². The predicted molar refractivity (Wildman–Crippen MR) is 101 cm³/mol. The Kier molecular flexibility index (Phi) is 4.20. The lowest BCUT2D eigenvalue weighted by Gasteiger charge is -2.23. The minimum absolute atomic E-state index is 1.20. The second kappa shape index (κ2) is 6.29. The molecule has 116 valence electrons. The van der Waals surface area contributed by atoms with Gasteiger partial charge in [0.05, 0.1) is 0 Å². The van der Waals surface area contributed by atoms with E-state index in [2.05, 4.69) is 93.4 Å². The van der Waals surface area contributed by atoms with E-state index in [9.17, 15) is 0 Å². The average molecular weight is 301 g/mol. The third kappa shape index (κ3) is 3.14. The first-order valence-corrected chi connectivity index (χ1v) is 8.03. The topological polar surface area (TPSA) is 3.24 Å². The Morgan fingerprint density at radius 2 is 1.17 bits per heavy atom. The van der Waals surface area contributed by atoms with Crippen molar-refractivity contribution in [2.75, 3.05) is 11.9 Å². The molecule has 0 N–H and O–H groups in total. The van der Waals surface area contributed by atoms with Gasteiger partial charge in [0, 0.05) is 18.4 Å². The first-order chi connectivity index (χ1) is 11.1. The van der Waals surface area contributed by atoms with Crippen LogP contribution in [0.1, 0.15) is 16.7 Å². The normalized spacial score (nSPS) is 10.6. The molecule has 0 fully saturated rings. The molecule has 0 atom stereocenters. The van der Waals surface area contributed by atoms with E-state index >= 15 is 0 Å². The zero-order chi connectivity index (χ0) is 16.4. The van der Waals surface area contributed by atoms with Crippen LogP contribution in [-0.2, 0) is 0 Å². The predicted octanol–water partition coefficient (Wildman–Crippen LogP) is 6.05. The summed E-state index contributed by atoms with van der Waals surface area (Å²) < 4.78 is 0. The van der Waals surface area contributed by atoms with Crippen molar-refractivity contribution in [2.45, 2.75) is 20.8 Å². The number of aryl methyl sites for hydroxylation is 3. The van der Waals surface area contributed by atoms with Crippen molar-refractivity contribution < 1.29 is 0 Å². The van der Waals surface area contributed by atoms with Crippen LogP contribution in [0, 0.1) is 20.8 Å². The first-order valence-electron chi connectivity index (χ1n) is 8.03. The highest BCUT2D eigenvalue weighted by Gasteiger charge is 2.09. The highest BCUT2D eigenvalue weighted by atomic mass is 15.1. The molecule has 0 aliphatic heterocycles.